The molecule has 1 aromatic carbocycles. The summed E-state index contributed by atoms with van der Waals surface area (Å²) in [5.74, 6) is -2.05. The number of Topliss-reactive ketones (excluding diaryl/α,β-unsaturated/α-hetero) is 1. The van der Waals surface area contributed by atoms with Crippen LogP contribution in [-0.4, -0.2) is 137 Å². The van der Waals surface area contributed by atoms with Crippen LogP contribution >= 0.6 is 0 Å². The van der Waals surface area contributed by atoms with Gasteiger partial charge in [-0.2, -0.15) is 0 Å². The molecular formula is C29H44O13. The van der Waals surface area contributed by atoms with E-state index < -0.39 is 17.7 Å². The second kappa shape index (κ2) is 28.4. The first-order valence-corrected chi connectivity index (χ1v) is 13.8. The number of esters is 2. The van der Waals surface area contributed by atoms with E-state index in [0.29, 0.717) is 105 Å². The van der Waals surface area contributed by atoms with Crippen LogP contribution in [0, 0.1) is 0 Å². The fourth-order valence-electron chi connectivity index (χ4n) is 2.87. The summed E-state index contributed by atoms with van der Waals surface area (Å²) in [7, 11) is 0. The van der Waals surface area contributed by atoms with E-state index in [2.05, 4.69) is 6.58 Å². The van der Waals surface area contributed by atoms with Gasteiger partial charge < -0.3 is 47.4 Å². The zero-order valence-corrected chi connectivity index (χ0v) is 24.2. The molecule has 0 radical (unpaired) electrons. The van der Waals surface area contributed by atoms with Crippen LogP contribution in [0.1, 0.15) is 10.4 Å². The van der Waals surface area contributed by atoms with Gasteiger partial charge >= 0.3 is 11.9 Å². The second-order valence-corrected chi connectivity index (χ2v) is 8.10. The van der Waals surface area contributed by atoms with Gasteiger partial charge in [-0.15, -0.1) is 0 Å². The Labute approximate surface area is 247 Å². The lowest BCUT2D eigenvalue weighted by Crippen LogP contribution is -2.20. The molecule has 0 amide bonds. The van der Waals surface area contributed by atoms with Crippen molar-refractivity contribution in [3.05, 3.63) is 48.6 Å². The van der Waals surface area contributed by atoms with Gasteiger partial charge in [0.1, 0.15) is 13.2 Å². The molecule has 0 aromatic heterocycles. The van der Waals surface area contributed by atoms with Crippen LogP contribution in [0.3, 0.4) is 0 Å². The summed E-state index contributed by atoms with van der Waals surface area (Å²) in [5.41, 5.74) is 0.292. The lowest BCUT2D eigenvalue weighted by molar-refractivity contribution is -0.140. The normalized spacial score (nSPS) is 10.9. The fraction of sp³-hybridized carbons (Fsp3) is 0.621. The first kappa shape index (κ1) is 37.3. The third-order valence-electron chi connectivity index (χ3n) is 4.92. The molecule has 13 nitrogen and oxygen atoms in total. The van der Waals surface area contributed by atoms with Crippen molar-refractivity contribution >= 4 is 17.7 Å². The highest BCUT2D eigenvalue weighted by atomic mass is 16.6. The quantitative estimate of drug-likeness (QED) is 0.0411. The Morgan fingerprint density at radius 3 is 1.12 bits per heavy atom. The average Bonchev–Trinajstić information content (AvgIpc) is 3.02. The molecule has 0 aliphatic rings. The topological polar surface area (TPSA) is 144 Å². The zero-order valence-electron chi connectivity index (χ0n) is 24.2. The standard InChI is InChI=1S/C29H44O13/c1-2-27(30)41-24-22-39-20-18-37-16-14-35-12-10-33-8-9-34-11-13-36-15-17-38-19-21-40-23-25-42-29(32)28(31)26-6-4-3-5-7-26/h2-7H,1,8-25H2. The summed E-state index contributed by atoms with van der Waals surface area (Å²) in [6, 6.07) is 8.24. The maximum absolute atomic E-state index is 11.9. The van der Waals surface area contributed by atoms with Crippen molar-refractivity contribution in [2.75, 3.05) is 119 Å². The van der Waals surface area contributed by atoms with Crippen molar-refractivity contribution < 1.29 is 61.8 Å². The number of hydrogen-bond acceptors (Lipinski definition) is 13. The molecule has 13 heteroatoms. The second-order valence-electron chi connectivity index (χ2n) is 8.10. The van der Waals surface area contributed by atoms with Gasteiger partial charge in [-0.1, -0.05) is 36.9 Å². The number of benzene rings is 1. The number of hydrogen-bond donors (Lipinski definition) is 0. The number of carbonyl (C=O) groups excluding carboxylic acids is 3. The molecule has 1 rings (SSSR count). The van der Waals surface area contributed by atoms with Gasteiger partial charge in [0.2, 0.25) is 0 Å². The van der Waals surface area contributed by atoms with E-state index in [-0.39, 0.29) is 19.8 Å². The highest BCUT2D eigenvalue weighted by molar-refractivity contribution is 6.40. The summed E-state index contributed by atoms with van der Waals surface area (Å²) >= 11 is 0. The largest absolute Gasteiger partial charge is 0.460 e. The molecule has 42 heavy (non-hydrogen) atoms. The van der Waals surface area contributed by atoms with Crippen molar-refractivity contribution in [2.24, 2.45) is 0 Å². The first-order chi connectivity index (χ1) is 20.6. The molecule has 0 aliphatic heterocycles. The SMILES string of the molecule is C=CC(=O)OCCOCCOCCOCCOCCOCCOCCOCCOCCOC(=O)C(=O)c1ccccc1. The average molecular weight is 601 g/mol. The number of ketones is 1. The molecule has 0 saturated carbocycles. The zero-order chi connectivity index (χ0) is 30.4. The van der Waals surface area contributed by atoms with Gasteiger partial charge in [0.05, 0.1) is 106 Å². The summed E-state index contributed by atoms with van der Waals surface area (Å²) in [6.45, 7) is 10.0. The molecule has 238 valence electrons. The Morgan fingerprint density at radius 2 is 0.786 bits per heavy atom. The lowest BCUT2D eigenvalue weighted by atomic mass is 10.1. The van der Waals surface area contributed by atoms with Crippen molar-refractivity contribution in [3.8, 4) is 0 Å². The van der Waals surface area contributed by atoms with E-state index in [1.54, 1.807) is 30.3 Å². The van der Waals surface area contributed by atoms with Crippen LogP contribution in [0.2, 0.25) is 0 Å². The van der Waals surface area contributed by atoms with Crippen LogP contribution in [0.25, 0.3) is 0 Å². The van der Waals surface area contributed by atoms with E-state index in [4.69, 9.17) is 47.4 Å². The van der Waals surface area contributed by atoms with Gasteiger partial charge in [-0.05, 0) is 0 Å². The smallest absolute Gasteiger partial charge is 0.379 e. The first-order valence-electron chi connectivity index (χ1n) is 13.8. The van der Waals surface area contributed by atoms with Crippen LogP contribution in [0.15, 0.2) is 43.0 Å². The maximum Gasteiger partial charge on any atom is 0.379 e. The van der Waals surface area contributed by atoms with E-state index in [0.717, 1.165) is 6.08 Å². The Morgan fingerprint density at radius 1 is 0.476 bits per heavy atom. The van der Waals surface area contributed by atoms with Gasteiger partial charge in [0.15, 0.2) is 0 Å². The highest BCUT2D eigenvalue weighted by Crippen LogP contribution is 2.01. The molecule has 0 aliphatic carbocycles. The molecule has 0 spiro atoms. The van der Waals surface area contributed by atoms with Crippen LogP contribution in [0.4, 0.5) is 0 Å². The Bertz CT molecular complexity index is 819. The number of rotatable bonds is 30. The summed E-state index contributed by atoms with van der Waals surface area (Å²) in [4.78, 5) is 34.4. The molecule has 0 atom stereocenters. The summed E-state index contributed by atoms with van der Waals surface area (Å²) < 4.78 is 52.7. The Kier molecular flexibility index (Phi) is 25.2. The molecule has 0 unspecified atom stereocenters. The molecule has 0 N–H and O–H groups in total. The van der Waals surface area contributed by atoms with Crippen molar-refractivity contribution in [2.45, 2.75) is 0 Å². The van der Waals surface area contributed by atoms with E-state index >= 15 is 0 Å². The summed E-state index contributed by atoms with van der Waals surface area (Å²) in [5, 5.41) is 0. The van der Waals surface area contributed by atoms with Crippen LogP contribution < -0.4 is 0 Å². The van der Waals surface area contributed by atoms with E-state index in [9.17, 15) is 14.4 Å². The molecule has 0 saturated heterocycles. The predicted octanol–water partition coefficient (Wildman–Crippen LogP) is 1.27. The van der Waals surface area contributed by atoms with Gasteiger partial charge in [0.25, 0.3) is 5.78 Å². The minimum atomic E-state index is -0.901. The fourth-order valence-corrected chi connectivity index (χ4v) is 2.87. The Hall–Kier alpha value is -2.75. The number of ether oxygens (including phenoxy) is 10. The van der Waals surface area contributed by atoms with Crippen molar-refractivity contribution in [3.63, 3.8) is 0 Å². The molecule has 0 fully saturated rings. The minimum absolute atomic E-state index is 0.00653. The lowest BCUT2D eigenvalue weighted by Gasteiger charge is -2.09. The van der Waals surface area contributed by atoms with Gasteiger partial charge in [0, 0.05) is 11.6 Å². The van der Waals surface area contributed by atoms with Crippen LogP contribution in [-0.2, 0) is 57.0 Å². The van der Waals surface area contributed by atoms with Crippen molar-refractivity contribution in [1.29, 1.82) is 0 Å². The van der Waals surface area contributed by atoms with E-state index in [1.165, 1.54) is 0 Å². The van der Waals surface area contributed by atoms with Crippen LogP contribution in [0.5, 0.6) is 0 Å². The molecular weight excluding hydrogens is 556 g/mol. The third kappa shape index (κ3) is 22.9. The molecule has 1 aromatic rings. The molecule has 0 bridgehead atoms. The number of carbonyl (C=O) groups is 3. The monoisotopic (exact) mass is 600 g/mol. The summed E-state index contributed by atoms with van der Waals surface area (Å²) in [6.07, 6.45) is 1.11. The van der Waals surface area contributed by atoms with E-state index in [1.807, 2.05) is 0 Å². The third-order valence-corrected chi connectivity index (χ3v) is 4.92. The maximum atomic E-state index is 11.9. The minimum Gasteiger partial charge on any atom is -0.460 e. The molecule has 0 heterocycles. The van der Waals surface area contributed by atoms with Crippen molar-refractivity contribution in [1.82, 2.24) is 0 Å². The van der Waals surface area contributed by atoms with Gasteiger partial charge in [-0.3, -0.25) is 4.79 Å². The predicted molar refractivity (Wildman–Crippen MR) is 149 cm³/mol. The van der Waals surface area contributed by atoms with Gasteiger partial charge in [-0.25, -0.2) is 9.59 Å². The Balaban J connectivity index is 1.69. The highest BCUT2D eigenvalue weighted by Gasteiger charge is 2.17.